The maximum absolute atomic E-state index is 14.5. The Morgan fingerprint density at radius 1 is 1.00 bits per heavy atom. The molecule has 5 rings (SSSR count). The summed E-state index contributed by atoms with van der Waals surface area (Å²) >= 11 is 0. The first-order chi connectivity index (χ1) is 15.8. The molecule has 0 unspecified atom stereocenters. The van der Waals surface area contributed by atoms with Crippen LogP contribution in [-0.2, 0) is 10.3 Å². The molecule has 3 amide bonds. The molecule has 10 heteroatoms. The number of carbonyl (C=O) groups is 3. The van der Waals surface area contributed by atoms with E-state index >= 15 is 0 Å². The van der Waals surface area contributed by atoms with Crippen LogP contribution >= 0.6 is 0 Å². The lowest BCUT2D eigenvalue weighted by atomic mass is 9.81. The number of halogens is 1. The van der Waals surface area contributed by atoms with Crippen LogP contribution in [0, 0.1) is 15.9 Å². The Morgan fingerprint density at radius 3 is 2.18 bits per heavy atom. The summed E-state index contributed by atoms with van der Waals surface area (Å²) in [6.45, 7) is -0.917. The number of hydrogen-bond acceptors (Lipinski definition) is 5. The molecule has 0 fully saturated rings. The van der Waals surface area contributed by atoms with Crippen LogP contribution in [0.15, 0.2) is 67.0 Å². The summed E-state index contributed by atoms with van der Waals surface area (Å²) < 4.78 is 15.9. The zero-order chi connectivity index (χ0) is 23.5. The maximum atomic E-state index is 14.5. The van der Waals surface area contributed by atoms with Crippen molar-refractivity contribution in [2.75, 3.05) is 18.5 Å². The Morgan fingerprint density at radius 2 is 1.61 bits per heavy atom. The van der Waals surface area contributed by atoms with E-state index in [1.807, 2.05) is 0 Å². The number of aromatic nitrogens is 1. The lowest BCUT2D eigenvalue weighted by Gasteiger charge is -2.39. The summed E-state index contributed by atoms with van der Waals surface area (Å²) in [5.41, 5.74) is -1.28. The minimum absolute atomic E-state index is 0.0942. The third-order valence-corrected chi connectivity index (χ3v) is 6.31. The molecule has 0 radical (unpaired) electrons. The van der Waals surface area contributed by atoms with Crippen molar-refractivity contribution in [3.63, 3.8) is 0 Å². The number of benzene rings is 2. The number of amides is 3. The van der Waals surface area contributed by atoms with E-state index in [2.05, 4.69) is 0 Å². The highest BCUT2D eigenvalue weighted by Crippen LogP contribution is 2.47. The third kappa shape index (κ3) is 2.67. The molecule has 0 saturated carbocycles. The van der Waals surface area contributed by atoms with Gasteiger partial charge in [0.25, 0.3) is 17.7 Å². The normalized spacial score (nSPS) is 20.2. The van der Waals surface area contributed by atoms with Gasteiger partial charge in [-0.15, -0.1) is 0 Å². The minimum Gasteiger partial charge on any atom is -0.334 e. The number of likely N-dealkylation sites (N-methyl/N-ethyl adjacent to an activating group) is 1. The second-order valence-electron chi connectivity index (χ2n) is 7.94. The molecule has 2 aliphatic rings. The fourth-order valence-electron chi connectivity index (χ4n) is 4.93. The summed E-state index contributed by atoms with van der Waals surface area (Å²) in [6.07, 6.45) is 3.02. The van der Waals surface area contributed by atoms with Gasteiger partial charge in [0.05, 0.1) is 11.1 Å². The van der Waals surface area contributed by atoms with Gasteiger partial charge in [0.15, 0.2) is 5.54 Å². The molecule has 2 atom stereocenters. The predicted molar refractivity (Wildman–Crippen MR) is 114 cm³/mol. The molecule has 9 nitrogen and oxygen atoms in total. The van der Waals surface area contributed by atoms with Gasteiger partial charge in [-0.25, -0.2) is 4.39 Å². The van der Waals surface area contributed by atoms with Crippen molar-refractivity contribution in [2.24, 2.45) is 0 Å². The molecule has 0 N–H and O–H groups in total. The zero-order valence-electron chi connectivity index (χ0n) is 17.3. The van der Waals surface area contributed by atoms with Gasteiger partial charge in [-0.2, -0.15) is 0 Å². The Labute approximate surface area is 186 Å². The summed E-state index contributed by atoms with van der Waals surface area (Å²) in [4.78, 5) is 53.8. The van der Waals surface area contributed by atoms with E-state index in [-0.39, 0.29) is 16.7 Å². The Kier molecular flexibility index (Phi) is 4.42. The van der Waals surface area contributed by atoms with Crippen molar-refractivity contribution in [1.82, 2.24) is 9.47 Å². The van der Waals surface area contributed by atoms with Crippen LogP contribution in [0.3, 0.4) is 0 Å². The summed E-state index contributed by atoms with van der Waals surface area (Å²) in [7, 11) is 1.47. The first-order valence-electron chi connectivity index (χ1n) is 10.1. The molecule has 3 aromatic rings. The largest absolute Gasteiger partial charge is 0.334 e. The average Bonchev–Trinajstić information content (AvgIpc) is 3.46. The van der Waals surface area contributed by atoms with Crippen LogP contribution in [0.4, 0.5) is 10.1 Å². The number of imide groups is 1. The van der Waals surface area contributed by atoms with Gasteiger partial charge < -0.3 is 9.47 Å². The lowest BCUT2D eigenvalue weighted by molar-refractivity contribution is -0.487. The Bertz CT molecular complexity index is 1300. The molecule has 0 saturated heterocycles. The highest BCUT2D eigenvalue weighted by atomic mass is 19.1. The first kappa shape index (κ1) is 20.6. The number of anilines is 1. The van der Waals surface area contributed by atoms with Gasteiger partial charge >= 0.3 is 0 Å². The van der Waals surface area contributed by atoms with E-state index < -0.39 is 46.6 Å². The van der Waals surface area contributed by atoms with Gasteiger partial charge in [-0.3, -0.25) is 29.4 Å². The van der Waals surface area contributed by atoms with E-state index in [4.69, 9.17) is 0 Å². The fraction of sp³-hybridized carbons (Fsp3) is 0.174. The zero-order valence-corrected chi connectivity index (χ0v) is 17.3. The topological polar surface area (TPSA) is 106 Å². The highest BCUT2D eigenvalue weighted by Gasteiger charge is 2.62. The molecule has 1 aromatic heterocycles. The van der Waals surface area contributed by atoms with E-state index in [0.29, 0.717) is 5.69 Å². The van der Waals surface area contributed by atoms with Crippen molar-refractivity contribution in [3.8, 4) is 0 Å². The molecule has 166 valence electrons. The number of hydrogen-bond donors (Lipinski definition) is 0. The third-order valence-electron chi connectivity index (χ3n) is 6.31. The fourth-order valence-corrected chi connectivity index (χ4v) is 4.93. The van der Waals surface area contributed by atoms with Crippen molar-refractivity contribution < 1.29 is 23.7 Å². The molecule has 2 aliphatic heterocycles. The van der Waals surface area contributed by atoms with Crippen molar-refractivity contribution in [2.45, 2.75) is 11.6 Å². The van der Waals surface area contributed by atoms with E-state index in [1.165, 1.54) is 53.2 Å². The van der Waals surface area contributed by atoms with Gasteiger partial charge in [0.1, 0.15) is 11.9 Å². The maximum Gasteiger partial charge on any atom is 0.262 e. The van der Waals surface area contributed by atoms with Gasteiger partial charge in [-0.1, -0.05) is 12.1 Å². The summed E-state index contributed by atoms with van der Waals surface area (Å²) in [6, 6.07) is 11.4. The molecule has 0 spiro atoms. The van der Waals surface area contributed by atoms with E-state index in [0.717, 1.165) is 11.0 Å². The van der Waals surface area contributed by atoms with E-state index in [9.17, 15) is 28.9 Å². The smallest absolute Gasteiger partial charge is 0.262 e. The molecule has 0 bridgehead atoms. The molecular formula is C23H17FN4O5. The number of nitrogens with zero attached hydrogens (tertiary/aromatic N) is 4. The monoisotopic (exact) mass is 448 g/mol. The van der Waals surface area contributed by atoms with E-state index in [1.54, 1.807) is 24.3 Å². The van der Waals surface area contributed by atoms with Crippen LogP contribution in [0.1, 0.15) is 26.3 Å². The first-order valence-corrected chi connectivity index (χ1v) is 10.1. The van der Waals surface area contributed by atoms with Gasteiger partial charge in [0, 0.05) is 35.6 Å². The number of rotatable bonds is 5. The van der Waals surface area contributed by atoms with Crippen LogP contribution < -0.4 is 4.90 Å². The lowest BCUT2D eigenvalue weighted by Crippen LogP contribution is -2.62. The Hall–Kier alpha value is -4.34. The number of carbonyl (C=O) groups excluding carboxylic acids is 3. The van der Waals surface area contributed by atoms with Crippen LogP contribution in [0.5, 0.6) is 0 Å². The molecule has 33 heavy (non-hydrogen) atoms. The van der Waals surface area contributed by atoms with Crippen molar-refractivity contribution >= 4 is 23.4 Å². The molecule has 3 heterocycles. The molecule has 2 aromatic carbocycles. The average molecular weight is 448 g/mol. The van der Waals surface area contributed by atoms with Crippen LogP contribution in [0.2, 0.25) is 0 Å². The molecular weight excluding hydrogens is 431 g/mol. The highest BCUT2D eigenvalue weighted by molar-refractivity contribution is 6.22. The number of fused-ring (bicyclic) bond motifs is 2. The SMILES string of the molecule is CN1C(=O)[C@]([C@@H](C[N+](=O)[O-])N2C(=O)c3ccccc3C2=O)(n2cccc2)c2cc(F)ccc21. The van der Waals surface area contributed by atoms with Gasteiger partial charge in [0.2, 0.25) is 6.54 Å². The Balaban J connectivity index is 1.82. The summed E-state index contributed by atoms with van der Waals surface area (Å²) in [5, 5.41) is 11.8. The van der Waals surface area contributed by atoms with Crippen LogP contribution in [-0.4, -0.2) is 51.7 Å². The summed E-state index contributed by atoms with van der Waals surface area (Å²) in [5.74, 6) is -2.76. The molecule has 0 aliphatic carbocycles. The van der Waals surface area contributed by atoms with Gasteiger partial charge in [-0.05, 0) is 42.5 Å². The standard InChI is InChI=1S/C23H17FN4O5/c1-25-18-9-8-14(24)12-17(18)23(22(25)31,26-10-4-5-11-26)19(13-27(32)33)28-20(29)15-6-2-3-7-16(15)21(28)30/h2-12,19H,13H2,1H3/t19-,23+/m1/s1. The van der Waals surface area contributed by atoms with Crippen LogP contribution in [0.25, 0.3) is 0 Å². The minimum atomic E-state index is -1.93. The number of nitro groups is 1. The quantitative estimate of drug-likeness (QED) is 0.338. The van der Waals surface area contributed by atoms with Crippen molar-refractivity contribution in [3.05, 3.63) is 99.6 Å². The second-order valence-corrected chi connectivity index (χ2v) is 7.94. The van der Waals surface area contributed by atoms with Crippen molar-refractivity contribution in [1.29, 1.82) is 0 Å². The predicted octanol–water partition coefficient (Wildman–Crippen LogP) is 2.29. The second kappa shape index (κ2) is 7.09.